The van der Waals surface area contributed by atoms with Gasteiger partial charge in [0.1, 0.15) is 0 Å². The van der Waals surface area contributed by atoms with E-state index in [1.165, 1.54) is 0 Å². The Balaban J connectivity index is 1.54. The number of aryl methyl sites for hydroxylation is 1. The Morgan fingerprint density at radius 3 is 2.92 bits per heavy atom. The molecule has 0 spiro atoms. The highest BCUT2D eigenvalue weighted by atomic mass is 32.1. The molecule has 7 nitrogen and oxygen atoms in total. The van der Waals surface area contributed by atoms with Crippen LogP contribution in [0.15, 0.2) is 18.2 Å². The molecular weight excluding hydrogens is 336 g/mol. The smallest absolute Gasteiger partial charge is 0.278 e. The van der Waals surface area contributed by atoms with E-state index in [-0.39, 0.29) is 5.91 Å². The molecule has 1 fully saturated rings. The van der Waals surface area contributed by atoms with Crippen LogP contribution < -0.4 is 10.6 Å². The number of carbonyl (C=O) groups is 1. The first-order valence-corrected chi connectivity index (χ1v) is 9.24. The van der Waals surface area contributed by atoms with E-state index in [0.717, 1.165) is 52.5 Å². The number of fused-ring (bicyclic) bond motifs is 1. The van der Waals surface area contributed by atoms with E-state index >= 15 is 0 Å². The lowest BCUT2D eigenvalue weighted by Gasteiger charge is -2.23. The van der Waals surface area contributed by atoms with Crippen molar-refractivity contribution in [2.24, 2.45) is 0 Å². The number of rotatable bonds is 3. The quantitative estimate of drug-likeness (QED) is 0.754. The number of carbonyl (C=O) groups excluding carboxylic acids is 1. The largest absolute Gasteiger partial charge is 0.320 e. The summed E-state index contributed by atoms with van der Waals surface area (Å²) < 4.78 is 2.95. The van der Waals surface area contributed by atoms with Crippen molar-refractivity contribution in [1.82, 2.24) is 25.3 Å². The van der Waals surface area contributed by atoms with Crippen LogP contribution in [0.3, 0.4) is 0 Å². The summed E-state index contributed by atoms with van der Waals surface area (Å²) in [6, 6.07) is 6.05. The van der Waals surface area contributed by atoms with Gasteiger partial charge in [0.05, 0.1) is 27.0 Å². The zero-order valence-corrected chi connectivity index (χ0v) is 15.1. The average molecular weight is 356 g/mol. The lowest BCUT2D eigenvalue weighted by Crippen LogP contribution is -2.30. The van der Waals surface area contributed by atoms with Crippen molar-refractivity contribution in [3.05, 3.63) is 34.6 Å². The molecule has 1 saturated heterocycles. The summed E-state index contributed by atoms with van der Waals surface area (Å²) in [7, 11) is 0. The van der Waals surface area contributed by atoms with Gasteiger partial charge >= 0.3 is 0 Å². The summed E-state index contributed by atoms with van der Waals surface area (Å²) >= 11 is 1.61. The van der Waals surface area contributed by atoms with E-state index in [0.29, 0.717) is 11.7 Å². The Morgan fingerprint density at radius 2 is 2.12 bits per heavy atom. The Labute approximate surface area is 149 Å². The van der Waals surface area contributed by atoms with E-state index in [9.17, 15) is 4.79 Å². The van der Waals surface area contributed by atoms with Gasteiger partial charge < -0.3 is 10.6 Å². The summed E-state index contributed by atoms with van der Waals surface area (Å²) in [6.45, 7) is 5.83. The van der Waals surface area contributed by atoms with Gasteiger partial charge in [0.2, 0.25) is 0 Å². The molecule has 0 bridgehead atoms. The van der Waals surface area contributed by atoms with Crippen molar-refractivity contribution < 1.29 is 4.79 Å². The summed E-state index contributed by atoms with van der Waals surface area (Å²) in [6.07, 6.45) is 2.01. The number of thiazole rings is 1. The fourth-order valence-electron chi connectivity index (χ4n) is 3.26. The van der Waals surface area contributed by atoms with Crippen LogP contribution in [0.25, 0.3) is 10.2 Å². The van der Waals surface area contributed by atoms with Gasteiger partial charge in [0, 0.05) is 5.69 Å². The van der Waals surface area contributed by atoms with Crippen LogP contribution in [0.5, 0.6) is 0 Å². The highest BCUT2D eigenvalue weighted by molar-refractivity contribution is 7.18. The van der Waals surface area contributed by atoms with Crippen molar-refractivity contribution in [3.63, 3.8) is 0 Å². The third kappa shape index (κ3) is 3.14. The SMILES string of the molecule is Cc1nc2ccc(NC(=O)c3nnn(C4CCNCC4)c3C)cc2s1. The van der Waals surface area contributed by atoms with Crippen molar-refractivity contribution in [1.29, 1.82) is 0 Å². The van der Waals surface area contributed by atoms with Gasteiger partial charge in [0.15, 0.2) is 5.69 Å². The van der Waals surface area contributed by atoms with Gasteiger partial charge in [-0.05, 0) is 58.0 Å². The molecule has 8 heteroatoms. The molecule has 0 unspecified atom stereocenters. The summed E-state index contributed by atoms with van der Waals surface area (Å²) in [5.41, 5.74) is 2.91. The Morgan fingerprint density at radius 1 is 1.32 bits per heavy atom. The van der Waals surface area contributed by atoms with Crippen LogP contribution in [-0.2, 0) is 0 Å². The molecule has 3 aromatic rings. The number of nitrogens with one attached hydrogen (secondary N) is 2. The number of hydrogen-bond donors (Lipinski definition) is 2. The fourth-order valence-corrected chi connectivity index (χ4v) is 4.12. The first-order valence-electron chi connectivity index (χ1n) is 8.43. The Kier molecular flexibility index (Phi) is 4.22. The molecule has 4 rings (SSSR count). The number of anilines is 1. The van der Waals surface area contributed by atoms with Crippen molar-refractivity contribution in [2.75, 3.05) is 18.4 Å². The van der Waals surface area contributed by atoms with Crippen LogP contribution in [0.1, 0.15) is 40.1 Å². The second kappa shape index (κ2) is 6.53. The molecule has 3 heterocycles. The van der Waals surface area contributed by atoms with Crippen LogP contribution in [0.2, 0.25) is 0 Å². The highest BCUT2D eigenvalue weighted by Gasteiger charge is 2.23. The number of benzene rings is 1. The van der Waals surface area contributed by atoms with Gasteiger partial charge in [-0.1, -0.05) is 5.21 Å². The van der Waals surface area contributed by atoms with Gasteiger partial charge in [0.25, 0.3) is 5.91 Å². The molecule has 1 amide bonds. The van der Waals surface area contributed by atoms with Gasteiger partial charge in [-0.15, -0.1) is 16.4 Å². The Hall–Kier alpha value is -2.32. The molecular formula is C17H20N6OS. The first-order chi connectivity index (χ1) is 12.1. The minimum atomic E-state index is -0.224. The molecule has 0 saturated carbocycles. The molecule has 2 N–H and O–H groups in total. The second-order valence-corrected chi connectivity index (χ2v) is 7.55. The van der Waals surface area contributed by atoms with Crippen LogP contribution in [0, 0.1) is 13.8 Å². The van der Waals surface area contributed by atoms with Gasteiger partial charge in [-0.2, -0.15) is 0 Å². The van der Waals surface area contributed by atoms with E-state index in [1.54, 1.807) is 11.3 Å². The van der Waals surface area contributed by atoms with Gasteiger partial charge in [-0.3, -0.25) is 4.79 Å². The normalized spacial score (nSPS) is 15.6. The molecule has 1 aliphatic rings. The van der Waals surface area contributed by atoms with Gasteiger partial charge in [-0.25, -0.2) is 9.67 Å². The van der Waals surface area contributed by atoms with E-state index in [4.69, 9.17) is 0 Å². The summed E-state index contributed by atoms with van der Waals surface area (Å²) in [5.74, 6) is -0.224. The number of amides is 1. The predicted octanol–water partition coefficient (Wildman–Crippen LogP) is 2.68. The van der Waals surface area contributed by atoms with E-state index < -0.39 is 0 Å². The van der Waals surface area contributed by atoms with Crippen molar-refractivity contribution >= 4 is 33.1 Å². The zero-order valence-electron chi connectivity index (χ0n) is 14.2. The molecule has 0 aliphatic carbocycles. The Bertz CT molecular complexity index is 925. The second-order valence-electron chi connectivity index (χ2n) is 6.32. The molecule has 25 heavy (non-hydrogen) atoms. The third-order valence-corrected chi connectivity index (χ3v) is 5.48. The van der Waals surface area contributed by atoms with Crippen LogP contribution in [0.4, 0.5) is 5.69 Å². The third-order valence-electron chi connectivity index (χ3n) is 4.55. The standard InChI is InChI=1S/C17H20N6OS/c1-10-16(21-22-23(10)13-5-7-18-8-6-13)17(24)20-12-3-4-14-15(9-12)25-11(2)19-14/h3-4,9,13,18H,5-8H2,1-2H3,(H,20,24). The van der Waals surface area contributed by atoms with E-state index in [1.807, 2.05) is 36.7 Å². The zero-order chi connectivity index (χ0) is 17.4. The molecule has 0 radical (unpaired) electrons. The lowest BCUT2D eigenvalue weighted by molar-refractivity contribution is 0.102. The molecule has 130 valence electrons. The van der Waals surface area contributed by atoms with E-state index in [2.05, 4.69) is 25.9 Å². The maximum atomic E-state index is 12.6. The average Bonchev–Trinajstić information content (AvgIpc) is 3.17. The topological polar surface area (TPSA) is 84.7 Å². The summed E-state index contributed by atoms with van der Waals surface area (Å²) in [4.78, 5) is 17.1. The number of nitrogens with zero attached hydrogens (tertiary/aromatic N) is 4. The molecule has 0 atom stereocenters. The predicted molar refractivity (Wildman–Crippen MR) is 98.2 cm³/mol. The maximum absolute atomic E-state index is 12.6. The monoisotopic (exact) mass is 356 g/mol. The molecule has 1 aromatic carbocycles. The highest BCUT2D eigenvalue weighted by Crippen LogP contribution is 2.25. The number of piperidine rings is 1. The van der Waals surface area contributed by atoms with Crippen LogP contribution >= 0.6 is 11.3 Å². The summed E-state index contributed by atoms with van der Waals surface area (Å²) in [5, 5.41) is 15.6. The lowest BCUT2D eigenvalue weighted by atomic mass is 10.1. The molecule has 1 aliphatic heterocycles. The number of aromatic nitrogens is 4. The van der Waals surface area contributed by atoms with Crippen molar-refractivity contribution in [2.45, 2.75) is 32.7 Å². The minimum Gasteiger partial charge on any atom is -0.320 e. The molecule has 2 aromatic heterocycles. The minimum absolute atomic E-state index is 0.224. The van der Waals surface area contributed by atoms with Crippen LogP contribution in [-0.4, -0.2) is 39.0 Å². The van der Waals surface area contributed by atoms with Crippen molar-refractivity contribution in [3.8, 4) is 0 Å². The number of hydrogen-bond acceptors (Lipinski definition) is 6. The first kappa shape index (κ1) is 16.2. The maximum Gasteiger partial charge on any atom is 0.278 e. The fraction of sp³-hybridized carbons (Fsp3) is 0.412.